The standard InChI is InChI=1S/C26H30N2OS/c29-26(12-11-23-16-20-30-21-23)28(24-9-5-2-6-10-24)25-14-18-27(19-15-25)17-13-22-7-3-1-4-8-22/h1-10,16,20-21,25H,11-15,17-19H2. The van der Waals surface area contributed by atoms with Crippen molar-refractivity contribution in [2.75, 3.05) is 24.5 Å². The van der Waals surface area contributed by atoms with Gasteiger partial charge < -0.3 is 9.80 Å². The van der Waals surface area contributed by atoms with E-state index in [1.165, 1.54) is 11.1 Å². The summed E-state index contributed by atoms with van der Waals surface area (Å²) in [4.78, 5) is 17.9. The first-order valence-corrected chi connectivity index (χ1v) is 11.9. The van der Waals surface area contributed by atoms with E-state index in [9.17, 15) is 4.79 Å². The lowest BCUT2D eigenvalue weighted by Gasteiger charge is -2.38. The number of anilines is 1. The van der Waals surface area contributed by atoms with Crippen LogP contribution in [-0.4, -0.2) is 36.5 Å². The molecule has 3 aromatic rings. The first kappa shape index (κ1) is 20.8. The number of benzene rings is 2. The number of thiophene rings is 1. The van der Waals surface area contributed by atoms with E-state index < -0.39 is 0 Å². The zero-order valence-electron chi connectivity index (χ0n) is 17.5. The second-order valence-electron chi connectivity index (χ2n) is 8.04. The van der Waals surface area contributed by atoms with Gasteiger partial charge in [-0.15, -0.1) is 0 Å². The number of nitrogens with zero attached hydrogens (tertiary/aromatic N) is 2. The second kappa shape index (κ2) is 10.6. The predicted molar refractivity (Wildman–Crippen MR) is 126 cm³/mol. The van der Waals surface area contributed by atoms with Crippen LogP contribution in [-0.2, 0) is 17.6 Å². The van der Waals surface area contributed by atoms with Gasteiger partial charge in [-0.05, 0) is 65.8 Å². The van der Waals surface area contributed by atoms with Crippen molar-refractivity contribution in [3.05, 3.63) is 88.6 Å². The van der Waals surface area contributed by atoms with E-state index >= 15 is 0 Å². The van der Waals surface area contributed by atoms with Crippen molar-refractivity contribution in [3.63, 3.8) is 0 Å². The Morgan fingerprint density at radius 1 is 0.900 bits per heavy atom. The highest BCUT2D eigenvalue weighted by Gasteiger charge is 2.28. The van der Waals surface area contributed by atoms with Gasteiger partial charge in [0.1, 0.15) is 0 Å². The van der Waals surface area contributed by atoms with Gasteiger partial charge in [-0.3, -0.25) is 4.79 Å². The highest BCUT2D eigenvalue weighted by atomic mass is 32.1. The number of piperidine rings is 1. The van der Waals surface area contributed by atoms with E-state index in [1.54, 1.807) is 11.3 Å². The molecule has 0 spiro atoms. The molecule has 1 saturated heterocycles. The minimum atomic E-state index is 0.245. The third kappa shape index (κ3) is 5.59. The summed E-state index contributed by atoms with van der Waals surface area (Å²) < 4.78 is 0. The van der Waals surface area contributed by atoms with Gasteiger partial charge in [-0.2, -0.15) is 11.3 Å². The fourth-order valence-corrected chi connectivity index (χ4v) is 4.99. The Kier molecular flexibility index (Phi) is 7.33. The molecule has 0 radical (unpaired) electrons. The number of carbonyl (C=O) groups excluding carboxylic acids is 1. The number of hydrogen-bond donors (Lipinski definition) is 0. The SMILES string of the molecule is O=C(CCc1ccsc1)N(c1ccccc1)C1CCN(CCc2ccccc2)CC1. The molecule has 0 unspecified atom stereocenters. The van der Waals surface area contributed by atoms with E-state index in [-0.39, 0.29) is 11.9 Å². The van der Waals surface area contributed by atoms with Gasteiger partial charge in [0.05, 0.1) is 0 Å². The monoisotopic (exact) mass is 418 g/mol. The highest BCUT2D eigenvalue weighted by molar-refractivity contribution is 7.07. The molecule has 0 bridgehead atoms. The summed E-state index contributed by atoms with van der Waals surface area (Å²) in [7, 11) is 0. The van der Waals surface area contributed by atoms with E-state index in [0.717, 1.165) is 51.0 Å². The van der Waals surface area contributed by atoms with E-state index in [1.807, 2.05) is 18.2 Å². The number of rotatable bonds is 8. The second-order valence-corrected chi connectivity index (χ2v) is 8.82. The van der Waals surface area contributed by atoms with Crippen molar-refractivity contribution < 1.29 is 4.79 Å². The van der Waals surface area contributed by atoms with Crippen LogP contribution in [0.15, 0.2) is 77.5 Å². The van der Waals surface area contributed by atoms with Gasteiger partial charge in [0, 0.05) is 37.8 Å². The van der Waals surface area contributed by atoms with Crippen molar-refractivity contribution in [1.82, 2.24) is 4.90 Å². The van der Waals surface area contributed by atoms with Crippen LogP contribution in [0.2, 0.25) is 0 Å². The van der Waals surface area contributed by atoms with Gasteiger partial charge in [0.15, 0.2) is 0 Å². The van der Waals surface area contributed by atoms with Gasteiger partial charge in [0.25, 0.3) is 0 Å². The summed E-state index contributed by atoms with van der Waals surface area (Å²) in [6.45, 7) is 3.20. The molecule has 1 aliphatic rings. The van der Waals surface area contributed by atoms with Crippen LogP contribution in [0.4, 0.5) is 5.69 Å². The average molecular weight is 419 g/mol. The molecule has 4 rings (SSSR count). The summed E-state index contributed by atoms with van der Waals surface area (Å²) in [5.74, 6) is 0.245. The lowest BCUT2D eigenvalue weighted by molar-refractivity contribution is -0.119. The van der Waals surface area contributed by atoms with Crippen molar-refractivity contribution in [3.8, 4) is 0 Å². The molecule has 0 atom stereocenters. The molecule has 1 aliphatic heterocycles. The molecule has 30 heavy (non-hydrogen) atoms. The normalized spacial score (nSPS) is 15.2. The molecule has 0 N–H and O–H groups in total. The van der Waals surface area contributed by atoms with Crippen LogP contribution in [0.1, 0.15) is 30.4 Å². The van der Waals surface area contributed by atoms with Crippen LogP contribution in [0, 0.1) is 0 Å². The minimum absolute atomic E-state index is 0.245. The van der Waals surface area contributed by atoms with Crippen LogP contribution in [0.3, 0.4) is 0 Å². The smallest absolute Gasteiger partial charge is 0.227 e. The molecule has 0 aliphatic carbocycles. The zero-order chi connectivity index (χ0) is 20.6. The van der Waals surface area contributed by atoms with Gasteiger partial charge >= 0.3 is 0 Å². The largest absolute Gasteiger partial charge is 0.309 e. The van der Waals surface area contributed by atoms with Crippen molar-refractivity contribution in [2.24, 2.45) is 0 Å². The Bertz CT molecular complexity index is 887. The quantitative estimate of drug-likeness (QED) is 0.488. The number of hydrogen-bond acceptors (Lipinski definition) is 3. The molecular weight excluding hydrogens is 388 g/mol. The lowest BCUT2D eigenvalue weighted by atomic mass is 10.0. The maximum absolute atomic E-state index is 13.2. The van der Waals surface area contributed by atoms with Crippen molar-refractivity contribution >= 4 is 22.9 Å². The van der Waals surface area contributed by atoms with Crippen LogP contribution < -0.4 is 4.90 Å². The predicted octanol–water partition coefficient (Wildman–Crippen LogP) is 5.42. The third-order valence-electron chi connectivity index (χ3n) is 5.99. The Labute approximate surface area is 184 Å². The molecule has 1 fully saturated rings. The number of para-hydroxylation sites is 1. The van der Waals surface area contributed by atoms with E-state index in [0.29, 0.717) is 6.42 Å². The Balaban J connectivity index is 1.36. The van der Waals surface area contributed by atoms with Gasteiger partial charge in [-0.1, -0.05) is 48.5 Å². The molecule has 1 aromatic heterocycles. The fraction of sp³-hybridized carbons (Fsp3) is 0.346. The summed E-state index contributed by atoms with van der Waals surface area (Å²) in [5, 5.41) is 4.23. The lowest BCUT2D eigenvalue weighted by Crippen LogP contribution is -2.48. The topological polar surface area (TPSA) is 23.6 Å². The number of amides is 1. The number of likely N-dealkylation sites (tertiary alicyclic amines) is 1. The fourth-order valence-electron chi connectivity index (χ4n) is 4.29. The molecule has 2 aromatic carbocycles. The van der Waals surface area contributed by atoms with Crippen molar-refractivity contribution in [1.29, 1.82) is 0 Å². The van der Waals surface area contributed by atoms with Crippen molar-refractivity contribution in [2.45, 2.75) is 38.1 Å². The molecule has 156 valence electrons. The highest BCUT2D eigenvalue weighted by Crippen LogP contribution is 2.25. The first-order valence-electron chi connectivity index (χ1n) is 10.9. The third-order valence-corrected chi connectivity index (χ3v) is 6.72. The molecule has 4 heteroatoms. The first-order chi connectivity index (χ1) is 14.8. The summed E-state index contributed by atoms with van der Waals surface area (Å²) in [6, 6.07) is 23.3. The average Bonchev–Trinajstić information content (AvgIpc) is 3.33. The van der Waals surface area contributed by atoms with E-state index in [4.69, 9.17) is 0 Å². The summed E-state index contributed by atoms with van der Waals surface area (Å²) in [6.07, 6.45) is 4.55. The van der Waals surface area contributed by atoms with Crippen LogP contribution in [0.5, 0.6) is 0 Å². The summed E-state index contributed by atoms with van der Waals surface area (Å²) in [5.41, 5.74) is 3.70. The molecular formula is C26H30N2OS. The molecule has 1 amide bonds. The van der Waals surface area contributed by atoms with Gasteiger partial charge in [-0.25, -0.2) is 0 Å². The Morgan fingerprint density at radius 2 is 1.60 bits per heavy atom. The number of aryl methyl sites for hydroxylation is 1. The Morgan fingerprint density at radius 3 is 2.27 bits per heavy atom. The minimum Gasteiger partial charge on any atom is -0.309 e. The molecule has 0 saturated carbocycles. The zero-order valence-corrected chi connectivity index (χ0v) is 18.3. The van der Waals surface area contributed by atoms with Gasteiger partial charge in [0.2, 0.25) is 5.91 Å². The maximum Gasteiger partial charge on any atom is 0.227 e. The molecule has 3 nitrogen and oxygen atoms in total. The van der Waals surface area contributed by atoms with Crippen LogP contribution in [0.25, 0.3) is 0 Å². The maximum atomic E-state index is 13.2. The summed E-state index contributed by atoms with van der Waals surface area (Å²) >= 11 is 1.70. The molecule has 2 heterocycles. The Hall–Kier alpha value is -2.43. The van der Waals surface area contributed by atoms with Crippen LogP contribution >= 0.6 is 11.3 Å². The number of carbonyl (C=O) groups is 1. The van der Waals surface area contributed by atoms with E-state index in [2.05, 4.69) is 69.1 Å².